The predicted octanol–water partition coefficient (Wildman–Crippen LogP) is 4.68. The number of aromatic nitrogens is 1. The van der Waals surface area contributed by atoms with Crippen molar-refractivity contribution < 1.29 is 22.7 Å². The molecule has 31 heavy (non-hydrogen) atoms. The van der Waals surface area contributed by atoms with Gasteiger partial charge in [-0.15, -0.1) is 0 Å². The molecule has 1 aromatic heterocycles. The van der Waals surface area contributed by atoms with Crippen LogP contribution < -0.4 is 4.90 Å². The van der Waals surface area contributed by atoms with E-state index < -0.39 is 17.6 Å². The summed E-state index contributed by atoms with van der Waals surface area (Å²) in [5.41, 5.74) is -0.0751. The number of halogens is 3. The van der Waals surface area contributed by atoms with Crippen molar-refractivity contribution in [1.82, 2.24) is 9.88 Å². The zero-order valence-electron chi connectivity index (χ0n) is 16.8. The molecule has 0 radical (unpaired) electrons. The summed E-state index contributed by atoms with van der Waals surface area (Å²) in [5.74, 6) is -0.480. The normalized spacial score (nSPS) is 15.3. The Morgan fingerprint density at radius 1 is 1.13 bits per heavy atom. The van der Waals surface area contributed by atoms with Crippen LogP contribution in [0.5, 0.6) is 0 Å². The third kappa shape index (κ3) is 5.23. The molecule has 1 aliphatic heterocycles. The first kappa shape index (κ1) is 21.7. The second kappa shape index (κ2) is 9.33. The SMILES string of the molecule is O=C(c1cccc(C(F)(F)F)c1)N(CCCN1CCOCC1)c1nc2ccccc2s1. The van der Waals surface area contributed by atoms with Crippen LogP contribution in [0.3, 0.4) is 0 Å². The third-order valence-electron chi connectivity index (χ3n) is 5.16. The van der Waals surface area contributed by atoms with E-state index in [9.17, 15) is 18.0 Å². The summed E-state index contributed by atoms with van der Waals surface area (Å²) in [4.78, 5) is 21.6. The molecule has 0 unspecified atom stereocenters. The van der Waals surface area contributed by atoms with Crippen LogP contribution in [0.25, 0.3) is 10.2 Å². The van der Waals surface area contributed by atoms with Crippen LogP contribution in [0.4, 0.5) is 18.3 Å². The highest BCUT2D eigenvalue weighted by Gasteiger charge is 2.31. The summed E-state index contributed by atoms with van der Waals surface area (Å²) in [6.45, 7) is 4.19. The Morgan fingerprint density at radius 3 is 2.65 bits per heavy atom. The van der Waals surface area contributed by atoms with Crippen LogP contribution in [0.2, 0.25) is 0 Å². The molecule has 2 heterocycles. The number of thiazole rings is 1. The first-order valence-electron chi connectivity index (χ1n) is 10.1. The van der Waals surface area contributed by atoms with Crippen molar-refractivity contribution in [3.63, 3.8) is 0 Å². The highest BCUT2D eigenvalue weighted by atomic mass is 32.1. The van der Waals surface area contributed by atoms with E-state index >= 15 is 0 Å². The number of hydrogen-bond donors (Lipinski definition) is 0. The summed E-state index contributed by atoms with van der Waals surface area (Å²) in [6.07, 6.45) is -3.83. The molecule has 4 rings (SSSR count). The van der Waals surface area contributed by atoms with Gasteiger partial charge in [-0.25, -0.2) is 4.98 Å². The van der Waals surface area contributed by atoms with Crippen molar-refractivity contribution in [3.05, 3.63) is 59.7 Å². The predicted molar refractivity (Wildman–Crippen MR) is 115 cm³/mol. The Bertz CT molecular complexity index is 1010. The first-order valence-corrected chi connectivity index (χ1v) is 10.9. The number of morpholine rings is 1. The van der Waals surface area contributed by atoms with Gasteiger partial charge in [0.2, 0.25) is 0 Å². The number of amides is 1. The smallest absolute Gasteiger partial charge is 0.379 e. The van der Waals surface area contributed by atoms with E-state index in [2.05, 4.69) is 9.88 Å². The standard InChI is InChI=1S/C22H22F3N3O2S/c23-22(24,25)17-6-3-5-16(15-17)20(29)28(10-4-9-27-11-13-30-14-12-27)21-26-18-7-1-2-8-19(18)31-21/h1-3,5-8,15H,4,9-14H2. The monoisotopic (exact) mass is 449 g/mol. The number of anilines is 1. The fraction of sp³-hybridized carbons (Fsp3) is 0.364. The van der Waals surface area contributed by atoms with Crippen LogP contribution in [-0.4, -0.2) is 55.2 Å². The lowest BCUT2D eigenvalue weighted by molar-refractivity contribution is -0.137. The Kier molecular flexibility index (Phi) is 6.54. The molecule has 0 N–H and O–H groups in total. The van der Waals surface area contributed by atoms with Gasteiger partial charge in [-0.1, -0.05) is 29.5 Å². The summed E-state index contributed by atoms with van der Waals surface area (Å²) < 4.78 is 45.7. The number of carbonyl (C=O) groups excluding carboxylic acids is 1. The van der Waals surface area contributed by atoms with Gasteiger partial charge >= 0.3 is 6.18 Å². The highest BCUT2D eigenvalue weighted by molar-refractivity contribution is 7.22. The van der Waals surface area contributed by atoms with Gasteiger partial charge in [-0.2, -0.15) is 13.2 Å². The molecule has 0 bridgehead atoms. The Balaban J connectivity index is 1.58. The number of rotatable bonds is 6. The van der Waals surface area contributed by atoms with Gasteiger partial charge in [0, 0.05) is 31.7 Å². The van der Waals surface area contributed by atoms with E-state index in [0.717, 1.165) is 42.0 Å². The number of carbonyl (C=O) groups is 1. The van der Waals surface area contributed by atoms with Gasteiger partial charge in [0.05, 0.1) is 29.0 Å². The molecule has 0 aliphatic carbocycles. The molecular weight excluding hydrogens is 427 g/mol. The molecule has 0 saturated carbocycles. The molecular formula is C22H22F3N3O2S. The number of alkyl halides is 3. The van der Waals surface area contributed by atoms with Crippen molar-refractivity contribution in [2.75, 3.05) is 44.3 Å². The Morgan fingerprint density at radius 2 is 1.90 bits per heavy atom. The molecule has 9 heteroatoms. The summed E-state index contributed by atoms with van der Waals surface area (Å²) in [5, 5.41) is 0.491. The van der Waals surface area contributed by atoms with Crippen molar-refractivity contribution in [2.24, 2.45) is 0 Å². The molecule has 1 aliphatic rings. The maximum absolute atomic E-state index is 13.3. The molecule has 1 saturated heterocycles. The largest absolute Gasteiger partial charge is 0.416 e. The van der Waals surface area contributed by atoms with Crippen LogP contribution in [0, 0.1) is 0 Å². The van der Waals surface area contributed by atoms with E-state index in [1.54, 1.807) is 0 Å². The summed E-state index contributed by atoms with van der Waals surface area (Å²) in [6, 6.07) is 12.1. The molecule has 2 aromatic carbocycles. The summed E-state index contributed by atoms with van der Waals surface area (Å²) >= 11 is 1.36. The average molecular weight is 449 g/mol. The minimum absolute atomic E-state index is 0.000420. The Hall–Kier alpha value is -2.49. The van der Waals surface area contributed by atoms with E-state index in [1.807, 2.05) is 24.3 Å². The second-order valence-electron chi connectivity index (χ2n) is 7.31. The average Bonchev–Trinajstić information content (AvgIpc) is 3.20. The molecule has 5 nitrogen and oxygen atoms in total. The lowest BCUT2D eigenvalue weighted by Gasteiger charge is -2.27. The van der Waals surface area contributed by atoms with Crippen molar-refractivity contribution in [3.8, 4) is 0 Å². The van der Waals surface area contributed by atoms with Crippen LogP contribution in [-0.2, 0) is 10.9 Å². The maximum Gasteiger partial charge on any atom is 0.416 e. The fourth-order valence-electron chi connectivity index (χ4n) is 3.52. The fourth-order valence-corrected chi connectivity index (χ4v) is 4.51. The van der Waals surface area contributed by atoms with Gasteiger partial charge in [0.15, 0.2) is 5.13 Å². The first-order chi connectivity index (χ1) is 14.9. The van der Waals surface area contributed by atoms with E-state index in [1.165, 1.54) is 28.4 Å². The topological polar surface area (TPSA) is 45.7 Å². The van der Waals surface area contributed by atoms with Gasteiger partial charge in [0.1, 0.15) is 0 Å². The maximum atomic E-state index is 13.3. The highest BCUT2D eigenvalue weighted by Crippen LogP contribution is 2.32. The third-order valence-corrected chi connectivity index (χ3v) is 6.21. The lowest BCUT2D eigenvalue weighted by atomic mass is 10.1. The molecule has 0 atom stereocenters. The van der Waals surface area contributed by atoms with Gasteiger partial charge < -0.3 is 4.74 Å². The number of hydrogen-bond acceptors (Lipinski definition) is 5. The van der Waals surface area contributed by atoms with E-state index in [-0.39, 0.29) is 5.56 Å². The van der Waals surface area contributed by atoms with Crippen molar-refractivity contribution in [1.29, 1.82) is 0 Å². The van der Waals surface area contributed by atoms with Gasteiger partial charge in [-0.3, -0.25) is 14.6 Å². The van der Waals surface area contributed by atoms with Gasteiger partial charge in [-0.05, 0) is 36.8 Å². The number of benzene rings is 2. The van der Waals surface area contributed by atoms with Crippen molar-refractivity contribution >= 4 is 32.6 Å². The lowest BCUT2D eigenvalue weighted by Crippen LogP contribution is -2.39. The number of ether oxygens (including phenoxy) is 1. The molecule has 164 valence electrons. The van der Waals surface area contributed by atoms with Crippen LogP contribution in [0.15, 0.2) is 48.5 Å². The number of fused-ring (bicyclic) bond motifs is 1. The van der Waals surface area contributed by atoms with Crippen LogP contribution >= 0.6 is 11.3 Å². The zero-order valence-corrected chi connectivity index (χ0v) is 17.6. The zero-order chi connectivity index (χ0) is 21.8. The number of para-hydroxylation sites is 1. The van der Waals surface area contributed by atoms with Gasteiger partial charge in [0.25, 0.3) is 5.91 Å². The van der Waals surface area contributed by atoms with Crippen LogP contribution in [0.1, 0.15) is 22.3 Å². The molecule has 0 spiro atoms. The summed E-state index contributed by atoms with van der Waals surface area (Å²) in [7, 11) is 0. The van der Waals surface area contributed by atoms with E-state index in [0.29, 0.717) is 31.3 Å². The molecule has 3 aromatic rings. The van der Waals surface area contributed by atoms with E-state index in [4.69, 9.17) is 4.74 Å². The Labute approximate surface area is 182 Å². The molecule has 1 amide bonds. The minimum Gasteiger partial charge on any atom is -0.379 e. The quantitative estimate of drug-likeness (QED) is 0.548. The number of nitrogens with zero attached hydrogens (tertiary/aromatic N) is 3. The molecule has 1 fully saturated rings. The minimum atomic E-state index is -4.51. The second-order valence-corrected chi connectivity index (χ2v) is 8.32. The van der Waals surface area contributed by atoms with Crippen molar-refractivity contribution in [2.45, 2.75) is 12.6 Å².